The van der Waals surface area contributed by atoms with E-state index in [0.29, 0.717) is 41.1 Å². The smallest absolute Gasteiger partial charge is 0.346 e. The van der Waals surface area contributed by atoms with Gasteiger partial charge in [-0.05, 0) is 54.9 Å². The highest BCUT2D eigenvalue weighted by Crippen LogP contribution is 2.34. The Bertz CT molecular complexity index is 1630. The molecule has 1 aliphatic rings. The number of nitrogens with one attached hydrogen (secondary N) is 3. The maximum Gasteiger partial charge on any atom is 0.416 e. The first-order valence-corrected chi connectivity index (χ1v) is 13.9. The second-order valence-corrected chi connectivity index (χ2v) is 10.6. The molecule has 0 atom stereocenters. The number of aromatic amines is 1. The lowest BCUT2D eigenvalue weighted by molar-refractivity contribution is -0.138. The second kappa shape index (κ2) is 12.1. The second-order valence-electron chi connectivity index (χ2n) is 10.2. The molecule has 0 saturated carbocycles. The van der Waals surface area contributed by atoms with Gasteiger partial charge in [0.1, 0.15) is 5.65 Å². The maximum atomic E-state index is 14.0. The predicted octanol–water partition coefficient (Wildman–Crippen LogP) is 6.19. The van der Waals surface area contributed by atoms with E-state index in [2.05, 4.69) is 32.4 Å². The van der Waals surface area contributed by atoms with Crippen molar-refractivity contribution in [1.29, 1.82) is 0 Å². The van der Waals surface area contributed by atoms with Crippen molar-refractivity contribution in [2.75, 3.05) is 43.4 Å². The quantitative estimate of drug-likeness (QED) is 0.236. The Balaban J connectivity index is 1.31. The molecular weight excluding hydrogens is 569 g/mol. The van der Waals surface area contributed by atoms with Crippen LogP contribution < -0.4 is 10.6 Å². The zero-order valence-corrected chi connectivity index (χ0v) is 23.9. The first kappa shape index (κ1) is 29.6. The molecule has 3 N–H and O–H groups in total. The molecule has 2 amide bonds. The van der Waals surface area contributed by atoms with E-state index in [-0.39, 0.29) is 28.3 Å². The van der Waals surface area contributed by atoms with E-state index in [9.17, 15) is 22.8 Å². The number of rotatable bonds is 7. The first-order chi connectivity index (χ1) is 20.0. The lowest BCUT2D eigenvalue weighted by Gasteiger charge is -2.34. The third-order valence-corrected chi connectivity index (χ3v) is 7.90. The minimum absolute atomic E-state index is 0.120. The normalized spacial score (nSPS) is 14.7. The van der Waals surface area contributed by atoms with Crippen LogP contribution in [0.1, 0.15) is 44.3 Å². The molecule has 0 bridgehead atoms. The van der Waals surface area contributed by atoms with E-state index in [1.807, 2.05) is 4.90 Å². The summed E-state index contributed by atoms with van der Waals surface area (Å²) in [6.45, 7) is 7.89. The first-order valence-electron chi connectivity index (χ1n) is 13.5. The van der Waals surface area contributed by atoms with Crippen LogP contribution in [0.5, 0.6) is 0 Å². The Hall–Kier alpha value is -3.93. The Kier molecular flexibility index (Phi) is 8.53. The number of carbonyl (C=O) groups is 2. The lowest BCUT2D eigenvalue weighted by Crippen LogP contribution is -2.45. The number of carbonyl (C=O) groups excluding carboxylic acids is 2. The standard InChI is InChI=1S/C30H30ClF3N6O2/c1-3-39-10-12-40(13-11-39)17-20-6-5-19(14-24(20)30(32,33)34)28(41)37-21-7-4-18(2)25(15-21)38-29(42)23-16-36-27-22(26(23)31)8-9-35-27/h4-9,14-16H,3,10-13,17H2,1-2H3,(H,35,36)(H,37,41)(H,38,42). The Morgan fingerprint density at radius 2 is 1.74 bits per heavy atom. The van der Waals surface area contributed by atoms with Crippen LogP contribution in [0.15, 0.2) is 54.9 Å². The number of likely N-dealkylation sites (N-methyl/N-ethyl adjacent to an activating group) is 1. The summed E-state index contributed by atoms with van der Waals surface area (Å²) in [6.07, 6.45) is -1.58. The molecule has 2 aromatic heterocycles. The number of piperazine rings is 1. The number of H-pyrrole nitrogens is 1. The SMILES string of the molecule is CCN1CCN(Cc2ccc(C(=O)Nc3ccc(C)c(NC(=O)c4cnc5[nH]ccc5c4Cl)c3)cc2C(F)(F)F)CC1. The topological polar surface area (TPSA) is 93.4 Å². The number of benzene rings is 2. The summed E-state index contributed by atoms with van der Waals surface area (Å²) >= 11 is 6.41. The highest BCUT2D eigenvalue weighted by molar-refractivity contribution is 6.38. The van der Waals surface area contributed by atoms with E-state index >= 15 is 0 Å². The number of amides is 2. The van der Waals surface area contributed by atoms with Gasteiger partial charge in [-0.1, -0.05) is 30.7 Å². The Morgan fingerprint density at radius 3 is 2.45 bits per heavy atom. The van der Waals surface area contributed by atoms with Gasteiger partial charge in [-0.25, -0.2) is 4.98 Å². The lowest BCUT2D eigenvalue weighted by atomic mass is 10.0. The number of hydrogen-bond donors (Lipinski definition) is 3. The highest BCUT2D eigenvalue weighted by Gasteiger charge is 2.34. The monoisotopic (exact) mass is 598 g/mol. The minimum Gasteiger partial charge on any atom is -0.346 e. The molecule has 4 aromatic rings. The highest BCUT2D eigenvalue weighted by atomic mass is 35.5. The van der Waals surface area contributed by atoms with Crippen molar-refractivity contribution < 1.29 is 22.8 Å². The fourth-order valence-corrected chi connectivity index (χ4v) is 5.27. The fourth-order valence-electron chi connectivity index (χ4n) is 4.99. The number of hydrogen-bond acceptors (Lipinski definition) is 5. The summed E-state index contributed by atoms with van der Waals surface area (Å²) in [6, 6.07) is 10.2. The van der Waals surface area contributed by atoms with Gasteiger partial charge in [-0.15, -0.1) is 0 Å². The summed E-state index contributed by atoms with van der Waals surface area (Å²) < 4.78 is 42.1. The molecule has 5 rings (SSSR count). The van der Waals surface area contributed by atoms with E-state index in [1.165, 1.54) is 24.4 Å². The number of aromatic nitrogens is 2. The van der Waals surface area contributed by atoms with Gasteiger partial charge < -0.3 is 20.5 Å². The van der Waals surface area contributed by atoms with E-state index in [4.69, 9.17) is 11.6 Å². The van der Waals surface area contributed by atoms with Gasteiger partial charge in [0, 0.05) is 67.4 Å². The summed E-state index contributed by atoms with van der Waals surface area (Å²) in [7, 11) is 0. The number of pyridine rings is 1. The van der Waals surface area contributed by atoms with Crippen molar-refractivity contribution in [2.45, 2.75) is 26.6 Å². The predicted molar refractivity (Wildman–Crippen MR) is 157 cm³/mol. The van der Waals surface area contributed by atoms with Crippen molar-refractivity contribution in [2.24, 2.45) is 0 Å². The van der Waals surface area contributed by atoms with Crippen molar-refractivity contribution in [1.82, 2.24) is 19.8 Å². The van der Waals surface area contributed by atoms with Crippen LogP contribution in [0.2, 0.25) is 5.02 Å². The van der Waals surface area contributed by atoms with Gasteiger partial charge in [0.25, 0.3) is 11.8 Å². The van der Waals surface area contributed by atoms with E-state index in [1.54, 1.807) is 31.3 Å². The number of halogens is 4. The molecule has 1 aliphatic heterocycles. The van der Waals surface area contributed by atoms with Crippen molar-refractivity contribution >= 4 is 45.8 Å². The van der Waals surface area contributed by atoms with Crippen LogP contribution in [0, 0.1) is 6.92 Å². The molecule has 8 nitrogen and oxygen atoms in total. The van der Waals surface area contributed by atoms with Crippen LogP contribution in [0.4, 0.5) is 24.5 Å². The largest absolute Gasteiger partial charge is 0.416 e. The van der Waals surface area contributed by atoms with Crippen LogP contribution in [0.3, 0.4) is 0 Å². The van der Waals surface area contributed by atoms with Crippen molar-refractivity contribution in [3.8, 4) is 0 Å². The molecule has 0 spiro atoms. The van der Waals surface area contributed by atoms with Gasteiger partial charge in [0.15, 0.2) is 0 Å². The number of fused-ring (bicyclic) bond motifs is 1. The molecule has 1 fully saturated rings. The molecule has 220 valence electrons. The van der Waals surface area contributed by atoms with Gasteiger partial charge in [0.2, 0.25) is 0 Å². The zero-order valence-electron chi connectivity index (χ0n) is 23.1. The number of aryl methyl sites for hydroxylation is 1. The molecule has 2 aromatic carbocycles. The van der Waals surface area contributed by atoms with Crippen LogP contribution >= 0.6 is 11.6 Å². The van der Waals surface area contributed by atoms with E-state index < -0.39 is 23.6 Å². The molecule has 0 radical (unpaired) electrons. The molecular formula is C30H30ClF3N6O2. The molecule has 42 heavy (non-hydrogen) atoms. The molecule has 0 aliphatic carbocycles. The van der Waals surface area contributed by atoms with Gasteiger partial charge in [-0.2, -0.15) is 13.2 Å². The fraction of sp³-hybridized carbons (Fsp3) is 0.300. The van der Waals surface area contributed by atoms with Gasteiger partial charge >= 0.3 is 6.18 Å². The van der Waals surface area contributed by atoms with Crippen LogP contribution in [-0.4, -0.2) is 64.3 Å². The van der Waals surface area contributed by atoms with Gasteiger partial charge in [-0.3, -0.25) is 14.5 Å². The van der Waals surface area contributed by atoms with Crippen LogP contribution in [0.25, 0.3) is 11.0 Å². The van der Waals surface area contributed by atoms with Crippen molar-refractivity contribution in [3.63, 3.8) is 0 Å². The third kappa shape index (κ3) is 6.43. The Labute approximate surface area is 245 Å². The van der Waals surface area contributed by atoms with Crippen molar-refractivity contribution in [3.05, 3.63) is 87.7 Å². The molecule has 1 saturated heterocycles. The molecule has 0 unspecified atom stereocenters. The average Bonchev–Trinajstić information content (AvgIpc) is 3.45. The maximum absolute atomic E-state index is 14.0. The number of alkyl halides is 3. The van der Waals surface area contributed by atoms with Gasteiger partial charge in [0.05, 0.1) is 16.1 Å². The summed E-state index contributed by atoms with van der Waals surface area (Å²) in [5.74, 6) is -1.20. The summed E-state index contributed by atoms with van der Waals surface area (Å²) in [4.78, 5) is 37.4. The molecule has 12 heteroatoms. The average molecular weight is 599 g/mol. The van der Waals surface area contributed by atoms with Crippen LogP contribution in [-0.2, 0) is 12.7 Å². The number of anilines is 2. The molecule has 3 heterocycles. The minimum atomic E-state index is -4.61. The summed E-state index contributed by atoms with van der Waals surface area (Å²) in [5, 5.41) is 6.27. The van der Waals surface area contributed by atoms with E-state index in [0.717, 1.165) is 25.7 Å². The summed E-state index contributed by atoms with van der Waals surface area (Å²) in [5.41, 5.74) is 1.32. The Morgan fingerprint density at radius 1 is 1.00 bits per heavy atom. The third-order valence-electron chi connectivity index (χ3n) is 7.49. The number of nitrogens with zero attached hydrogens (tertiary/aromatic N) is 3. The zero-order chi connectivity index (χ0) is 30.0.